The molecule has 0 aromatic rings. The lowest BCUT2D eigenvalue weighted by Crippen LogP contribution is -2.58. The molecule has 3 N–H and O–H groups in total. The maximum atomic E-state index is 11.5. The Balaban J connectivity index is 1.92. The summed E-state index contributed by atoms with van der Waals surface area (Å²) in [6.45, 7) is 3.76. The zero-order chi connectivity index (χ0) is 9.10. The molecule has 0 bridgehead atoms. The first-order valence-electron chi connectivity index (χ1n) is 5.10. The highest BCUT2D eigenvalue weighted by Crippen LogP contribution is 2.15. The van der Waals surface area contributed by atoms with Crippen molar-refractivity contribution in [3.8, 4) is 0 Å². The molecule has 2 aliphatic heterocycles. The van der Waals surface area contributed by atoms with Gasteiger partial charge in [-0.3, -0.25) is 4.79 Å². The Morgan fingerprint density at radius 3 is 2.85 bits per heavy atom. The maximum absolute atomic E-state index is 11.5. The van der Waals surface area contributed by atoms with E-state index in [2.05, 4.69) is 16.0 Å². The molecular weight excluding hydrogens is 166 g/mol. The van der Waals surface area contributed by atoms with Crippen LogP contribution in [0.5, 0.6) is 0 Å². The van der Waals surface area contributed by atoms with Crippen LogP contribution in [-0.4, -0.2) is 38.1 Å². The third-order valence-corrected chi connectivity index (χ3v) is 2.88. The summed E-state index contributed by atoms with van der Waals surface area (Å²) in [7, 11) is 0. The van der Waals surface area contributed by atoms with Gasteiger partial charge in [0.1, 0.15) is 0 Å². The number of piperazine rings is 1. The van der Waals surface area contributed by atoms with Crippen LogP contribution in [0.3, 0.4) is 0 Å². The molecule has 2 unspecified atom stereocenters. The molecule has 0 aromatic carbocycles. The number of hydrogen-bond acceptors (Lipinski definition) is 3. The molecule has 74 valence electrons. The minimum atomic E-state index is 0.0431. The number of amides is 1. The first-order chi connectivity index (χ1) is 6.38. The van der Waals surface area contributed by atoms with Crippen LogP contribution in [0.2, 0.25) is 0 Å². The third-order valence-electron chi connectivity index (χ3n) is 2.88. The highest BCUT2D eigenvalue weighted by atomic mass is 16.2. The van der Waals surface area contributed by atoms with Crippen LogP contribution in [0.4, 0.5) is 0 Å². The van der Waals surface area contributed by atoms with Crippen LogP contribution in [-0.2, 0) is 4.79 Å². The number of hydrogen-bond donors (Lipinski definition) is 3. The lowest BCUT2D eigenvalue weighted by Gasteiger charge is -2.33. The topological polar surface area (TPSA) is 53.2 Å². The predicted octanol–water partition coefficient (Wildman–Crippen LogP) is -0.926. The summed E-state index contributed by atoms with van der Waals surface area (Å²) >= 11 is 0. The van der Waals surface area contributed by atoms with Crippen LogP contribution in [0.15, 0.2) is 0 Å². The first kappa shape index (κ1) is 8.97. The summed E-state index contributed by atoms with van der Waals surface area (Å²) in [4.78, 5) is 11.5. The second-order valence-electron chi connectivity index (χ2n) is 3.83. The Kier molecular flexibility index (Phi) is 2.80. The fraction of sp³-hybridized carbons (Fsp3) is 0.889. The SMILES string of the molecule is O=C1NCCNC1C1CCCNC1. The van der Waals surface area contributed by atoms with E-state index in [9.17, 15) is 4.79 Å². The van der Waals surface area contributed by atoms with Crippen LogP contribution in [0.1, 0.15) is 12.8 Å². The molecule has 2 saturated heterocycles. The summed E-state index contributed by atoms with van der Waals surface area (Å²) in [5, 5.41) is 9.52. The first-order valence-corrected chi connectivity index (χ1v) is 5.10. The molecule has 0 aliphatic carbocycles. The standard InChI is InChI=1S/C9H17N3O/c13-9-8(11-4-5-12-9)7-2-1-3-10-6-7/h7-8,10-11H,1-6H2,(H,12,13). The van der Waals surface area contributed by atoms with E-state index in [1.165, 1.54) is 6.42 Å². The number of nitrogens with one attached hydrogen (secondary N) is 3. The molecule has 13 heavy (non-hydrogen) atoms. The summed E-state index contributed by atoms with van der Waals surface area (Å²) in [6.07, 6.45) is 2.36. The Hall–Kier alpha value is -0.610. The molecule has 0 spiro atoms. The fourth-order valence-corrected chi connectivity index (χ4v) is 2.16. The van der Waals surface area contributed by atoms with Gasteiger partial charge in [0.05, 0.1) is 6.04 Å². The molecule has 2 fully saturated rings. The van der Waals surface area contributed by atoms with Crippen molar-refractivity contribution in [1.29, 1.82) is 0 Å². The summed E-state index contributed by atoms with van der Waals surface area (Å²) < 4.78 is 0. The Morgan fingerprint density at radius 1 is 1.23 bits per heavy atom. The van der Waals surface area contributed by atoms with Crippen molar-refractivity contribution in [2.75, 3.05) is 26.2 Å². The summed E-state index contributed by atoms with van der Waals surface area (Å²) in [5.41, 5.74) is 0. The van der Waals surface area contributed by atoms with Gasteiger partial charge in [-0.15, -0.1) is 0 Å². The largest absolute Gasteiger partial charge is 0.353 e. The van der Waals surface area contributed by atoms with Gasteiger partial charge >= 0.3 is 0 Å². The Bertz CT molecular complexity index is 189. The smallest absolute Gasteiger partial charge is 0.237 e. The Labute approximate surface area is 78.5 Å². The molecule has 2 atom stereocenters. The molecule has 4 nitrogen and oxygen atoms in total. The van der Waals surface area contributed by atoms with Crippen LogP contribution < -0.4 is 16.0 Å². The summed E-state index contributed by atoms with van der Waals surface area (Å²) in [6, 6.07) is 0.0431. The monoisotopic (exact) mass is 183 g/mol. The van der Waals surface area contributed by atoms with Gasteiger partial charge in [-0.25, -0.2) is 0 Å². The number of rotatable bonds is 1. The highest BCUT2D eigenvalue weighted by Gasteiger charge is 2.30. The van der Waals surface area contributed by atoms with Gasteiger partial charge < -0.3 is 16.0 Å². The molecule has 0 aromatic heterocycles. The van der Waals surface area contributed by atoms with Gasteiger partial charge in [0.2, 0.25) is 5.91 Å². The van der Waals surface area contributed by atoms with E-state index >= 15 is 0 Å². The molecule has 0 saturated carbocycles. The van der Waals surface area contributed by atoms with Gasteiger partial charge in [-0.2, -0.15) is 0 Å². The van der Waals surface area contributed by atoms with E-state index < -0.39 is 0 Å². The van der Waals surface area contributed by atoms with E-state index in [-0.39, 0.29) is 11.9 Å². The van der Waals surface area contributed by atoms with Crippen molar-refractivity contribution in [3.63, 3.8) is 0 Å². The highest BCUT2D eigenvalue weighted by molar-refractivity contribution is 5.82. The second-order valence-corrected chi connectivity index (χ2v) is 3.83. The fourth-order valence-electron chi connectivity index (χ4n) is 2.16. The Morgan fingerprint density at radius 2 is 2.15 bits per heavy atom. The average molecular weight is 183 g/mol. The molecule has 4 heteroatoms. The zero-order valence-electron chi connectivity index (χ0n) is 7.81. The van der Waals surface area contributed by atoms with Crippen LogP contribution in [0.25, 0.3) is 0 Å². The molecule has 2 rings (SSSR count). The van der Waals surface area contributed by atoms with Crippen molar-refractivity contribution >= 4 is 5.91 Å². The predicted molar refractivity (Wildman–Crippen MR) is 50.4 cm³/mol. The quantitative estimate of drug-likeness (QED) is 0.492. The number of carbonyl (C=O) groups is 1. The van der Waals surface area contributed by atoms with E-state index in [0.29, 0.717) is 5.92 Å². The van der Waals surface area contributed by atoms with Gasteiger partial charge in [-0.05, 0) is 31.8 Å². The molecule has 2 aliphatic rings. The van der Waals surface area contributed by atoms with Crippen LogP contribution >= 0.6 is 0 Å². The second kappa shape index (κ2) is 4.07. The van der Waals surface area contributed by atoms with Gasteiger partial charge in [0.15, 0.2) is 0 Å². The van der Waals surface area contributed by atoms with E-state index in [4.69, 9.17) is 0 Å². The lowest BCUT2D eigenvalue weighted by atomic mass is 9.90. The van der Waals surface area contributed by atoms with Crippen molar-refractivity contribution in [2.45, 2.75) is 18.9 Å². The minimum Gasteiger partial charge on any atom is -0.353 e. The molecule has 1 amide bonds. The van der Waals surface area contributed by atoms with Crippen molar-refractivity contribution in [1.82, 2.24) is 16.0 Å². The van der Waals surface area contributed by atoms with Crippen LogP contribution in [0, 0.1) is 5.92 Å². The lowest BCUT2D eigenvalue weighted by molar-refractivity contribution is -0.125. The normalized spacial score (nSPS) is 35.5. The van der Waals surface area contributed by atoms with Gasteiger partial charge in [0.25, 0.3) is 0 Å². The number of carbonyl (C=O) groups excluding carboxylic acids is 1. The summed E-state index contributed by atoms with van der Waals surface area (Å²) in [5.74, 6) is 0.661. The van der Waals surface area contributed by atoms with Crippen molar-refractivity contribution < 1.29 is 4.79 Å². The maximum Gasteiger partial charge on any atom is 0.237 e. The van der Waals surface area contributed by atoms with Gasteiger partial charge in [-0.1, -0.05) is 0 Å². The molecule has 2 heterocycles. The van der Waals surface area contributed by atoms with E-state index in [0.717, 1.165) is 32.6 Å². The van der Waals surface area contributed by atoms with Gasteiger partial charge in [0, 0.05) is 13.1 Å². The molecule has 0 radical (unpaired) electrons. The van der Waals surface area contributed by atoms with Crippen molar-refractivity contribution in [2.24, 2.45) is 5.92 Å². The minimum absolute atomic E-state index is 0.0431. The molecular formula is C9H17N3O. The van der Waals surface area contributed by atoms with E-state index in [1.54, 1.807) is 0 Å². The zero-order valence-corrected chi connectivity index (χ0v) is 7.81. The van der Waals surface area contributed by atoms with E-state index in [1.807, 2.05) is 0 Å². The van der Waals surface area contributed by atoms with Crippen molar-refractivity contribution in [3.05, 3.63) is 0 Å². The average Bonchev–Trinajstić information content (AvgIpc) is 2.20. The number of piperidine rings is 1. The third kappa shape index (κ3) is 2.00.